The molecule has 4 atom stereocenters. The fourth-order valence-corrected chi connectivity index (χ4v) is 6.87. The molecule has 2 unspecified atom stereocenters. The molecule has 260 valence electrons. The average molecular weight is 654 g/mol. The summed E-state index contributed by atoms with van der Waals surface area (Å²) in [6.45, 7) is 3.00. The fraction of sp³-hybridized carbons (Fsp3) is 0.622. The third kappa shape index (κ3) is 11.5. The Labute approximate surface area is 280 Å². The van der Waals surface area contributed by atoms with Crippen molar-refractivity contribution >= 4 is 11.8 Å². The predicted molar refractivity (Wildman–Crippen MR) is 181 cm³/mol. The summed E-state index contributed by atoms with van der Waals surface area (Å²) in [4.78, 5) is 28.6. The maximum Gasteiger partial charge on any atom is 0.311 e. The number of unbranched alkanes of at least 4 members (excludes halogenated alkanes) is 1. The molecule has 2 amide bonds. The van der Waals surface area contributed by atoms with E-state index in [1.54, 1.807) is 26.2 Å². The first kappa shape index (κ1) is 36.7. The monoisotopic (exact) mass is 653 g/mol. The highest BCUT2D eigenvalue weighted by Crippen LogP contribution is 2.34. The molecule has 0 aromatic heterocycles. The van der Waals surface area contributed by atoms with Crippen molar-refractivity contribution in [1.82, 2.24) is 15.5 Å². The van der Waals surface area contributed by atoms with E-state index >= 15 is 0 Å². The van der Waals surface area contributed by atoms with Crippen molar-refractivity contribution in [1.29, 1.82) is 0 Å². The summed E-state index contributed by atoms with van der Waals surface area (Å²) in [5.74, 6) is 0.674. The third-order valence-electron chi connectivity index (χ3n) is 9.49. The van der Waals surface area contributed by atoms with Gasteiger partial charge < -0.3 is 39.6 Å². The zero-order valence-electron chi connectivity index (χ0n) is 28.5. The summed E-state index contributed by atoms with van der Waals surface area (Å²) in [5, 5.41) is 17.6. The molecule has 2 aromatic rings. The van der Waals surface area contributed by atoms with Gasteiger partial charge in [0.05, 0.1) is 32.5 Å². The van der Waals surface area contributed by atoms with E-state index in [9.17, 15) is 14.7 Å². The number of nitrogens with zero attached hydrogens (tertiary/aromatic N) is 1. The Kier molecular flexibility index (Phi) is 15.3. The number of rotatable bonds is 18. The molecule has 2 fully saturated rings. The van der Waals surface area contributed by atoms with Crippen LogP contribution in [0.15, 0.2) is 48.5 Å². The summed E-state index contributed by atoms with van der Waals surface area (Å²) in [6, 6.07) is 15.2. The lowest BCUT2D eigenvalue weighted by Crippen LogP contribution is -2.52. The van der Waals surface area contributed by atoms with Gasteiger partial charge in [-0.05, 0) is 54.9 Å². The number of benzene rings is 2. The van der Waals surface area contributed by atoms with Gasteiger partial charge in [-0.25, -0.2) is 0 Å². The van der Waals surface area contributed by atoms with Crippen LogP contribution < -0.4 is 20.1 Å². The molecule has 1 aliphatic carbocycles. The van der Waals surface area contributed by atoms with Gasteiger partial charge in [-0.3, -0.25) is 9.59 Å². The standard InChI is InChI=1S/C37H55N3O7/c1-44-18-10-11-19-47-35(29-14-8-5-9-15-29)30-16-17-40(26-30)37(43)36(42)39-33(22-27-12-6-4-7-13-27)34(41)25-38-24-28-20-31(45-2)23-32(21-28)46-3/h5,8-9,14-15,20-21,23,27,30,33-35,38,41H,4,6-7,10-13,16-19,22,24-26H2,1-3H3,(H,39,42)/t30?,33-,34-,35?/m0/s1. The Balaban J connectivity index is 1.35. The quantitative estimate of drug-likeness (QED) is 0.157. The normalized spacial score (nSPS) is 18.8. The molecule has 1 aliphatic heterocycles. The van der Waals surface area contributed by atoms with E-state index in [1.165, 1.54) is 6.42 Å². The van der Waals surface area contributed by atoms with Crippen LogP contribution in [0.1, 0.15) is 75.0 Å². The molecule has 10 nitrogen and oxygen atoms in total. The van der Waals surface area contributed by atoms with E-state index in [2.05, 4.69) is 22.8 Å². The summed E-state index contributed by atoms with van der Waals surface area (Å²) >= 11 is 0. The second kappa shape index (κ2) is 19.6. The number of likely N-dealkylation sites (tertiary alicyclic amines) is 1. The molecule has 3 N–H and O–H groups in total. The minimum Gasteiger partial charge on any atom is -0.497 e. The Bertz CT molecular complexity index is 1200. The maximum absolute atomic E-state index is 13.5. The first-order valence-electron chi connectivity index (χ1n) is 17.3. The number of hydrogen-bond donors (Lipinski definition) is 3. The number of ether oxygens (including phenoxy) is 4. The molecule has 47 heavy (non-hydrogen) atoms. The SMILES string of the molecule is COCCCCOC(c1ccccc1)C1CCN(C(=O)C(=O)N[C@@H](CC2CCCCC2)[C@@H](O)CNCc2cc(OC)cc(OC)c2)C1. The zero-order chi connectivity index (χ0) is 33.4. The lowest BCUT2D eigenvalue weighted by atomic mass is 9.83. The van der Waals surface area contributed by atoms with Crippen LogP contribution in [-0.2, 0) is 25.6 Å². The molecule has 0 spiro atoms. The Hall–Kier alpha value is -3.18. The van der Waals surface area contributed by atoms with Crippen molar-refractivity contribution in [3.63, 3.8) is 0 Å². The minimum atomic E-state index is -0.860. The first-order valence-corrected chi connectivity index (χ1v) is 17.3. The van der Waals surface area contributed by atoms with Crippen LogP contribution in [0.4, 0.5) is 0 Å². The van der Waals surface area contributed by atoms with Gasteiger partial charge in [-0.15, -0.1) is 0 Å². The van der Waals surface area contributed by atoms with Crippen molar-refractivity contribution in [2.24, 2.45) is 11.8 Å². The number of aliphatic hydroxyl groups excluding tert-OH is 1. The van der Waals surface area contributed by atoms with Gasteiger partial charge in [0.2, 0.25) is 0 Å². The number of hydrogen-bond acceptors (Lipinski definition) is 8. The van der Waals surface area contributed by atoms with Gasteiger partial charge in [0.1, 0.15) is 11.5 Å². The average Bonchev–Trinajstić information content (AvgIpc) is 3.59. The number of amides is 2. The fourth-order valence-electron chi connectivity index (χ4n) is 6.87. The molecular weight excluding hydrogens is 598 g/mol. The summed E-state index contributed by atoms with van der Waals surface area (Å²) < 4.78 is 22.3. The van der Waals surface area contributed by atoms with Gasteiger partial charge in [-0.1, -0.05) is 62.4 Å². The lowest BCUT2D eigenvalue weighted by molar-refractivity contribution is -0.146. The summed E-state index contributed by atoms with van der Waals surface area (Å²) in [7, 11) is 4.92. The highest BCUT2D eigenvalue weighted by atomic mass is 16.5. The van der Waals surface area contributed by atoms with E-state index in [0.29, 0.717) is 56.7 Å². The number of methoxy groups -OCH3 is 3. The van der Waals surface area contributed by atoms with Gasteiger partial charge in [0.25, 0.3) is 0 Å². The van der Waals surface area contributed by atoms with Gasteiger partial charge in [0.15, 0.2) is 0 Å². The topological polar surface area (TPSA) is 119 Å². The molecule has 10 heteroatoms. The number of nitrogens with one attached hydrogen (secondary N) is 2. The number of carbonyl (C=O) groups excluding carboxylic acids is 2. The van der Waals surface area contributed by atoms with Crippen LogP contribution in [0.25, 0.3) is 0 Å². The highest BCUT2D eigenvalue weighted by Gasteiger charge is 2.37. The van der Waals surface area contributed by atoms with Crippen molar-refractivity contribution < 1.29 is 33.6 Å². The van der Waals surface area contributed by atoms with Crippen molar-refractivity contribution in [2.75, 3.05) is 54.2 Å². The molecule has 0 bridgehead atoms. The van der Waals surface area contributed by atoms with Crippen molar-refractivity contribution in [3.8, 4) is 11.5 Å². The molecule has 0 radical (unpaired) electrons. The number of aliphatic hydroxyl groups is 1. The van der Waals surface area contributed by atoms with Gasteiger partial charge >= 0.3 is 11.8 Å². The summed E-state index contributed by atoms with van der Waals surface area (Å²) in [5.41, 5.74) is 2.03. The van der Waals surface area contributed by atoms with Crippen LogP contribution in [0, 0.1) is 11.8 Å². The lowest BCUT2D eigenvalue weighted by Gasteiger charge is -2.30. The predicted octanol–water partition coefficient (Wildman–Crippen LogP) is 4.64. The zero-order valence-corrected chi connectivity index (χ0v) is 28.5. The molecule has 1 saturated carbocycles. The Morgan fingerprint density at radius 2 is 1.64 bits per heavy atom. The molecule has 2 aliphatic rings. The van der Waals surface area contributed by atoms with Crippen LogP contribution >= 0.6 is 0 Å². The van der Waals surface area contributed by atoms with Crippen LogP contribution in [0.3, 0.4) is 0 Å². The maximum atomic E-state index is 13.5. The highest BCUT2D eigenvalue weighted by molar-refractivity contribution is 6.35. The second-order valence-electron chi connectivity index (χ2n) is 12.9. The van der Waals surface area contributed by atoms with Gasteiger partial charge in [0, 0.05) is 58.5 Å². The van der Waals surface area contributed by atoms with Crippen molar-refractivity contribution in [3.05, 3.63) is 59.7 Å². The van der Waals surface area contributed by atoms with Gasteiger partial charge in [-0.2, -0.15) is 0 Å². The van der Waals surface area contributed by atoms with E-state index in [-0.39, 0.29) is 18.6 Å². The first-order chi connectivity index (χ1) is 22.9. The van der Waals surface area contributed by atoms with E-state index < -0.39 is 24.0 Å². The molecule has 1 saturated heterocycles. The summed E-state index contributed by atoms with van der Waals surface area (Å²) in [6.07, 6.45) is 7.87. The minimum absolute atomic E-state index is 0.0830. The molecule has 2 aromatic carbocycles. The van der Waals surface area contributed by atoms with Crippen LogP contribution in [0.5, 0.6) is 11.5 Å². The third-order valence-corrected chi connectivity index (χ3v) is 9.49. The van der Waals surface area contributed by atoms with Crippen LogP contribution in [-0.4, -0.2) is 88.1 Å². The molecular formula is C37H55N3O7. The van der Waals surface area contributed by atoms with Crippen LogP contribution in [0.2, 0.25) is 0 Å². The number of carbonyl (C=O) groups is 2. The Morgan fingerprint density at radius 3 is 2.32 bits per heavy atom. The van der Waals surface area contributed by atoms with E-state index in [0.717, 1.165) is 56.1 Å². The molecule has 4 rings (SSSR count). The largest absolute Gasteiger partial charge is 0.497 e. The van der Waals surface area contributed by atoms with E-state index in [1.807, 2.05) is 36.4 Å². The van der Waals surface area contributed by atoms with E-state index in [4.69, 9.17) is 18.9 Å². The second-order valence-corrected chi connectivity index (χ2v) is 12.9. The van der Waals surface area contributed by atoms with Crippen molar-refractivity contribution in [2.45, 2.75) is 82.6 Å². The Morgan fingerprint density at radius 1 is 0.936 bits per heavy atom. The smallest absolute Gasteiger partial charge is 0.311 e. The molecule has 1 heterocycles.